The topological polar surface area (TPSA) is 114 Å². The van der Waals surface area contributed by atoms with Gasteiger partial charge in [0.1, 0.15) is 18.6 Å². The first-order valence-corrected chi connectivity index (χ1v) is 4.84. The quantitative estimate of drug-likeness (QED) is 0.653. The molecule has 0 aromatic carbocycles. The van der Waals surface area contributed by atoms with Gasteiger partial charge in [0, 0.05) is 6.07 Å². The van der Waals surface area contributed by atoms with Crippen LogP contribution in [0.3, 0.4) is 0 Å². The number of nitrogens with zero attached hydrogens (tertiary/aromatic N) is 3. The standard InChI is InChI=1S/C9H6F3N3O5/c10-9(11,12)8(18)14(4-7(16)17)6-2-1-5(3-13-6)15(19)20/h1-3H,4H2,(H,16,17). The molecule has 0 aliphatic carbocycles. The summed E-state index contributed by atoms with van der Waals surface area (Å²) in [7, 11) is 0. The van der Waals surface area contributed by atoms with Crippen LogP contribution in [0.1, 0.15) is 0 Å². The van der Waals surface area contributed by atoms with Gasteiger partial charge in [-0.25, -0.2) is 4.98 Å². The lowest BCUT2D eigenvalue weighted by Crippen LogP contribution is -2.44. The van der Waals surface area contributed by atoms with Crippen LogP contribution in [-0.4, -0.2) is 39.6 Å². The van der Waals surface area contributed by atoms with Crippen molar-refractivity contribution in [1.29, 1.82) is 0 Å². The zero-order chi connectivity index (χ0) is 15.5. The van der Waals surface area contributed by atoms with E-state index in [0.29, 0.717) is 6.20 Å². The molecule has 11 heteroatoms. The van der Waals surface area contributed by atoms with Gasteiger partial charge in [-0.05, 0) is 6.07 Å². The highest BCUT2D eigenvalue weighted by atomic mass is 19.4. The van der Waals surface area contributed by atoms with E-state index < -0.39 is 41.0 Å². The molecule has 1 aromatic rings. The molecule has 8 nitrogen and oxygen atoms in total. The molecule has 1 heterocycles. The Bertz CT molecular complexity index is 543. The summed E-state index contributed by atoms with van der Waals surface area (Å²) in [5.74, 6) is -4.77. The number of carbonyl (C=O) groups excluding carboxylic acids is 1. The number of rotatable bonds is 4. The molecule has 20 heavy (non-hydrogen) atoms. The molecule has 1 amide bonds. The van der Waals surface area contributed by atoms with Gasteiger partial charge in [0.05, 0.1) is 4.92 Å². The zero-order valence-corrected chi connectivity index (χ0v) is 9.49. The van der Waals surface area contributed by atoms with E-state index in [1.165, 1.54) is 0 Å². The number of hydrogen-bond donors (Lipinski definition) is 1. The van der Waals surface area contributed by atoms with E-state index in [2.05, 4.69) is 4.98 Å². The molecule has 1 N–H and O–H groups in total. The van der Waals surface area contributed by atoms with Gasteiger partial charge in [0.25, 0.3) is 5.69 Å². The zero-order valence-electron chi connectivity index (χ0n) is 9.49. The highest BCUT2D eigenvalue weighted by Crippen LogP contribution is 2.23. The average Bonchev–Trinajstić information content (AvgIpc) is 2.34. The molecule has 108 valence electrons. The average molecular weight is 293 g/mol. The minimum Gasteiger partial charge on any atom is -0.480 e. The summed E-state index contributed by atoms with van der Waals surface area (Å²) in [5, 5.41) is 18.9. The van der Waals surface area contributed by atoms with E-state index in [-0.39, 0.29) is 4.90 Å². The van der Waals surface area contributed by atoms with E-state index in [1.54, 1.807) is 0 Å². The van der Waals surface area contributed by atoms with Gasteiger partial charge in [-0.15, -0.1) is 0 Å². The fourth-order valence-corrected chi connectivity index (χ4v) is 1.19. The Morgan fingerprint density at radius 1 is 1.40 bits per heavy atom. The molecule has 1 aromatic heterocycles. The monoisotopic (exact) mass is 293 g/mol. The van der Waals surface area contributed by atoms with E-state index in [0.717, 1.165) is 12.1 Å². The van der Waals surface area contributed by atoms with E-state index in [4.69, 9.17) is 5.11 Å². The lowest BCUT2D eigenvalue weighted by atomic mass is 10.3. The van der Waals surface area contributed by atoms with Crippen molar-refractivity contribution < 1.29 is 32.8 Å². The highest BCUT2D eigenvalue weighted by Gasteiger charge is 2.44. The molecule has 0 spiro atoms. The van der Waals surface area contributed by atoms with Crippen molar-refractivity contribution in [2.24, 2.45) is 0 Å². The lowest BCUT2D eigenvalue weighted by Gasteiger charge is -2.20. The first-order valence-electron chi connectivity index (χ1n) is 4.84. The van der Waals surface area contributed by atoms with Crippen LogP contribution >= 0.6 is 0 Å². The molecule has 0 radical (unpaired) electrons. The number of amides is 1. The van der Waals surface area contributed by atoms with E-state index >= 15 is 0 Å². The van der Waals surface area contributed by atoms with Gasteiger partial charge in [0.15, 0.2) is 0 Å². The molecule has 0 atom stereocenters. The van der Waals surface area contributed by atoms with Crippen molar-refractivity contribution in [2.75, 3.05) is 11.4 Å². The molecular weight excluding hydrogens is 287 g/mol. The van der Waals surface area contributed by atoms with E-state index in [9.17, 15) is 32.9 Å². The van der Waals surface area contributed by atoms with Crippen LogP contribution in [0.2, 0.25) is 0 Å². The molecule has 0 saturated carbocycles. The van der Waals surface area contributed by atoms with Crippen molar-refractivity contribution in [3.8, 4) is 0 Å². The van der Waals surface area contributed by atoms with Crippen molar-refractivity contribution in [3.05, 3.63) is 28.4 Å². The number of anilines is 1. The van der Waals surface area contributed by atoms with Crippen LogP contribution < -0.4 is 4.90 Å². The molecule has 0 unspecified atom stereocenters. The number of aromatic nitrogens is 1. The number of pyridine rings is 1. The van der Waals surface area contributed by atoms with Crippen LogP contribution in [0.5, 0.6) is 0 Å². The molecule has 0 fully saturated rings. The first-order chi connectivity index (χ1) is 9.12. The van der Waals surface area contributed by atoms with Gasteiger partial charge < -0.3 is 5.11 Å². The minimum atomic E-state index is -5.29. The maximum Gasteiger partial charge on any atom is 0.471 e. The summed E-state index contributed by atoms with van der Waals surface area (Å²) in [6.45, 7) is -1.27. The fourth-order valence-electron chi connectivity index (χ4n) is 1.19. The Morgan fingerprint density at radius 3 is 2.35 bits per heavy atom. The number of halogens is 3. The summed E-state index contributed by atoms with van der Waals surface area (Å²) < 4.78 is 37.0. The third-order valence-corrected chi connectivity index (χ3v) is 2.00. The number of nitro groups is 1. The molecule has 0 bridgehead atoms. The molecule has 0 aliphatic rings. The van der Waals surface area contributed by atoms with Crippen LogP contribution in [0, 0.1) is 10.1 Å². The number of carboxylic acids is 1. The maximum absolute atomic E-state index is 12.3. The van der Waals surface area contributed by atoms with Crippen molar-refractivity contribution in [2.45, 2.75) is 6.18 Å². The van der Waals surface area contributed by atoms with Crippen molar-refractivity contribution >= 4 is 23.4 Å². The number of alkyl halides is 3. The van der Waals surface area contributed by atoms with Crippen molar-refractivity contribution in [3.63, 3.8) is 0 Å². The SMILES string of the molecule is O=C(O)CN(C(=O)C(F)(F)F)c1ccc([N+](=O)[O-])cn1. The number of aliphatic carboxylic acids is 1. The smallest absolute Gasteiger partial charge is 0.471 e. The summed E-state index contributed by atoms with van der Waals surface area (Å²) >= 11 is 0. The summed E-state index contributed by atoms with van der Waals surface area (Å²) in [6, 6.07) is 1.56. The minimum absolute atomic E-state index is 0.133. The van der Waals surface area contributed by atoms with Gasteiger partial charge in [-0.1, -0.05) is 0 Å². The Balaban J connectivity index is 3.14. The van der Waals surface area contributed by atoms with Crippen LogP contribution in [0.4, 0.5) is 24.7 Å². The lowest BCUT2D eigenvalue weighted by molar-refractivity contribution is -0.385. The predicted octanol–water partition coefficient (Wildman–Crippen LogP) is 0.970. The van der Waals surface area contributed by atoms with E-state index in [1.807, 2.05) is 0 Å². The highest BCUT2D eigenvalue weighted by molar-refractivity contribution is 5.99. The second-order valence-corrected chi connectivity index (χ2v) is 3.41. The Morgan fingerprint density at radius 2 is 2.00 bits per heavy atom. The largest absolute Gasteiger partial charge is 0.480 e. The predicted molar refractivity (Wildman–Crippen MR) is 56.9 cm³/mol. The van der Waals surface area contributed by atoms with Gasteiger partial charge in [-0.3, -0.25) is 24.6 Å². The summed E-state index contributed by atoms with van der Waals surface area (Å²) in [6.07, 6.45) is -4.67. The molecule has 0 aliphatic heterocycles. The maximum atomic E-state index is 12.3. The fraction of sp³-hybridized carbons (Fsp3) is 0.222. The summed E-state index contributed by atoms with van der Waals surface area (Å²) in [5.41, 5.74) is -0.511. The molecular formula is C9H6F3N3O5. The molecule has 1 rings (SSSR count). The number of carboxylic acid groups (broad SMARTS) is 1. The Hall–Kier alpha value is -2.72. The van der Waals surface area contributed by atoms with Crippen LogP contribution in [0.15, 0.2) is 18.3 Å². The van der Waals surface area contributed by atoms with Gasteiger partial charge in [-0.2, -0.15) is 13.2 Å². The Kier molecular flexibility index (Phi) is 4.22. The second kappa shape index (κ2) is 5.50. The first kappa shape index (κ1) is 15.3. The second-order valence-electron chi connectivity index (χ2n) is 3.41. The van der Waals surface area contributed by atoms with Crippen molar-refractivity contribution in [1.82, 2.24) is 4.98 Å². The normalized spacial score (nSPS) is 10.9. The third kappa shape index (κ3) is 3.63. The number of hydrogen-bond acceptors (Lipinski definition) is 5. The van der Waals surface area contributed by atoms with Gasteiger partial charge in [0.2, 0.25) is 0 Å². The van der Waals surface area contributed by atoms with Crippen LogP contribution in [0.25, 0.3) is 0 Å². The Labute approximate surface area is 108 Å². The number of carbonyl (C=O) groups is 2. The van der Waals surface area contributed by atoms with Crippen LogP contribution in [-0.2, 0) is 9.59 Å². The summed E-state index contributed by atoms with van der Waals surface area (Å²) in [4.78, 5) is 34.3. The third-order valence-electron chi connectivity index (χ3n) is 2.00. The van der Waals surface area contributed by atoms with Gasteiger partial charge >= 0.3 is 18.1 Å². The molecule has 0 saturated heterocycles.